The Morgan fingerprint density at radius 3 is 2.25 bits per heavy atom. The van der Waals surface area contributed by atoms with Gasteiger partial charge in [-0.15, -0.1) is 0 Å². The second-order valence-electron chi connectivity index (χ2n) is 7.21. The van der Waals surface area contributed by atoms with Gasteiger partial charge in [0.2, 0.25) is 11.8 Å². The van der Waals surface area contributed by atoms with Gasteiger partial charge in [-0.3, -0.25) is 9.59 Å². The van der Waals surface area contributed by atoms with E-state index < -0.39 is 11.9 Å². The molecule has 2 aromatic carbocycles. The molecule has 1 N–H and O–H groups in total. The van der Waals surface area contributed by atoms with E-state index in [-0.39, 0.29) is 24.3 Å². The van der Waals surface area contributed by atoms with Crippen LogP contribution in [0.2, 0.25) is 0 Å². The zero-order chi connectivity index (χ0) is 20.7. The second kappa shape index (κ2) is 10.0. The predicted octanol–water partition coefficient (Wildman–Crippen LogP) is 4.01. The molecule has 0 saturated carbocycles. The van der Waals surface area contributed by atoms with Crippen LogP contribution in [-0.2, 0) is 22.6 Å². The van der Waals surface area contributed by atoms with E-state index in [9.17, 15) is 14.0 Å². The largest absolute Gasteiger partial charge is 0.352 e. The molecule has 0 aliphatic heterocycles. The van der Waals surface area contributed by atoms with E-state index in [1.165, 1.54) is 11.0 Å². The maximum atomic E-state index is 14.0. The van der Waals surface area contributed by atoms with Crippen LogP contribution in [0.3, 0.4) is 0 Å². The van der Waals surface area contributed by atoms with Gasteiger partial charge in [0.05, 0.1) is 6.42 Å². The van der Waals surface area contributed by atoms with Crippen molar-refractivity contribution in [2.45, 2.75) is 59.2 Å². The van der Waals surface area contributed by atoms with Crippen molar-refractivity contribution in [3.05, 3.63) is 71.0 Å². The summed E-state index contributed by atoms with van der Waals surface area (Å²) in [6.07, 6.45) is 0.721. The normalized spacial score (nSPS) is 12.9. The molecule has 0 saturated heterocycles. The molecule has 2 rings (SSSR count). The van der Waals surface area contributed by atoms with E-state index in [1.54, 1.807) is 25.1 Å². The number of rotatable bonds is 8. The Hall–Kier alpha value is -2.69. The molecule has 0 bridgehead atoms. The van der Waals surface area contributed by atoms with Crippen molar-refractivity contribution >= 4 is 11.8 Å². The van der Waals surface area contributed by atoms with Crippen LogP contribution in [0, 0.1) is 12.7 Å². The summed E-state index contributed by atoms with van der Waals surface area (Å²) >= 11 is 0. The van der Waals surface area contributed by atoms with Crippen molar-refractivity contribution in [1.82, 2.24) is 10.2 Å². The van der Waals surface area contributed by atoms with Crippen molar-refractivity contribution in [1.29, 1.82) is 0 Å². The molecular formula is C23H29FN2O2. The van der Waals surface area contributed by atoms with Gasteiger partial charge in [-0.1, -0.05) is 49.4 Å². The van der Waals surface area contributed by atoms with E-state index in [0.29, 0.717) is 12.1 Å². The van der Waals surface area contributed by atoms with E-state index >= 15 is 0 Å². The lowest BCUT2D eigenvalue weighted by molar-refractivity contribution is -0.140. The molecule has 0 fully saturated rings. The number of carbonyl (C=O) groups is 2. The van der Waals surface area contributed by atoms with E-state index in [1.807, 2.05) is 45.0 Å². The predicted molar refractivity (Wildman–Crippen MR) is 109 cm³/mol. The third-order valence-corrected chi connectivity index (χ3v) is 5.07. The van der Waals surface area contributed by atoms with Crippen LogP contribution < -0.4 is 5.32 Å². The van der Waals surface area contributed by atoms with Gasteiger partial charge in [0, 0.05) is 12.6 Å². The van der Waals surface area contributed by atoms with Gasteiger partial charge < -0.3 is 10.2 Å². The maximum absolute atomic E-state index is 14.0. The van der Waals surface area contributed by atoms with E-state index in [0.717, 1.165) is 17.5 Å². The molecule has 4 nitrogen and oxygen atoms in total. The number of aryl methyl sites for hydroxylation is 1. The van der Waals surface area contributed by atoms with Crippen LogP contribution in [-0.4, -0.2) is 28.8 Å². The highest BCUT2D eigenvalue weighted by atomic mass is 19.1. The number of halogens is 1. The summed E-state index contributed by atoms with van der Waals surface area (Å²) in [7, 11) is 0. The summed E-state index contributed by atoms with van der Waals surface area (Å²) in [5, 5.41) is 2.93. The summed E-state index contributed by atoms with van der Waals surface area (Å²) in [4.78, 5) is 27.3. The molecule has 150 valence electrons. The first-order chi connectivity index (χ1) is 13.3. The summed E-state index contributed by atoms with van der Waals surface area (Å²) in [6, 6.07) is 13.4. The van der Waals surface area contributed by atoms with E-state index in [4.69, 9.17) is 0 Å². The summed E-state index contributed by atoms with van der Waals surface area (Å²) < 4.78 is 14.0. The fraction of sp³-hybridized carbons (Fsp3) is 0.391. The first kappa shape index (κ1) is 21.6. The molecular weight excluding hydrogens is 355 g/mol. The van der Waals surface area contributed by atoms with Crippen LogP contribution in [0.15, 0.2) is 48.5 Å². The third kappa shape index (κ3) is 5.65. The lowest BCUT2D eigenvalue weighted by Gasteiger charge is -2.30. The number of benzene rings is 2. The van der Waals surface area contributed by atoms with Crippen molar-refractivity contribution in [2.75, 3.05) is 0 Å². The number of carbonyl (C=O) groups excluding carboxylic acids is 2. The van der Waals surface area contributed by atoms with Crippen LogP contribution in [0.25, 0.3) is 0 Å². The zero-order valence-corrected chi connectivity index (χ0v) is 17.0. The maximum Gasteiger partial charge on any atom is 0.242 e. The summed E-state index contributed by atoms with van der Waals surface area (Å²) in [6.45, 7) is 7.91. The van der Waals surface area contributed by atoms with E-state index in [2.05, 4.69) is 5.32 Å². The summed E-state index contributed by atoms with van der Waals surface area (Å²) in [5.74, 6) is -0.895. The minimum atomic E-state index is -0.659. The summed E-state index contributed by atoms with van der Waals surface area (Å²) in [5.41, 5.74) is 2.34. The van der Waals surface area contributed by atoms with Crippen molar-refractivity contribution in [2.24, 2.45) is 0 Å². The minimum absolute atomic E-state index is 0.0249. The molecule has 0 unspecified atom stereocenters. The highest BCUT2D eigenvalue weighted by Gasteiger charge is 2.27. The Bertz CT molecular complexity index is 822. The monoisotopic (exact) mass is 384 g/mol. The Morgan fingerprint density at radius 2 is 1.64 bits per heavy atom. The van der Waals surface area contributed by atoms with Crippen LogP contribution in [0.1, 0.15) is 43.9 Å². The average Bonchev–Trinajstić information content (AvgIpc) is 2.68. The third-order valence-electron chi connectivity index (χ3n) is 5.07. The second-order valence-corrected chi connectivity index (χ2v) is 7.21. The highest BCUT2D eigenvalue weighted by molar-refractivity contribution is 5.88. The van der Waals surface area contributed by atoms with Gasteiger partial charge in [0.25, 0.3) is 0 Å². The zero-order valence-electron chi connectivity index (χ0n) is 17.0. The Labute approximate surface area is 166 Å². The smallest absolute Gasteiger partial charge is 0.242 e. The molecule has 0 spiro atoms. The number of hydrogen-bond donors (Lipinski definition) is 1. The lowest BCUT2D eigenvalue weighted by atomic mass is 10.1. The van der Waals surface area contributed by atoms with Gasteiger partial charge in [0.15, 0.2) is 0 Å². The van der Waals surface area contributed by atoms with Gasteiger partial charge in [-0.05, 0) is 49.9 Å². The topological polar surface area (TPSA) is 49.4 Å². The molecule has 0 radical (unpaired) electrons. The Kier molecular flexibility index (Phi) is 7.73. The van der Waals surface area contributed by atoms with Gasteiger partial charge >= 0.3 is 0 Å². The fourth-order valence-electron chi connectivity index (χ4n) is 2.93. The molecule has 0 aromatic heterocycles. The lowest BCUT2D eigenvalue weighted by Crippen LogP contribution is -2.50. The van der Waals surface area contributed by atoms with Crippen molar-refractivity contribution < 1.29 is 14.0 Å². The van der Waals surface area contributed by atoms with Gasteiger partial charge in [0.1, 0.15) is 11.9 Å². The molecule has 0 heterocycles. The molecule has 28 heavy (non-hydrogen) atoms. The van der Waals surface area contributed by atoms with Gasteiger partial charge in [-0.2, -0.15) is 0 Å². The molecule has 2 atom stereocenters. The van der Waals surface area contributed by atoms with Crippen LogP contribution in [0.5, 0.6) is 0 Å². The average molecular weight is 384 g/mol. The Balaban J connectivity index is 2.26. The molecule has 5 heteroatoms. The molecule has 2 amide bonds. The number of nitrogens with zero attached hydrogens (tertiary/aromatic N) is 1. The number of nitrogens with one attached hydrogen (secondary N) is 1. The minimum Gasteiger partial charge on any atom is -0.352 e. The quantitative estimate of drug-likeness (QED) is 0.748. The number of amides is 2. The first-order valence-corrected chi connectivity index (χ1v) is 9.71. The number of hydrogen-bond acceptors (Lipinski definition) is 2. The van der Waals surface area contributed by atoms with Crippen LogP contribution >= 0.6 is 0 Å². The highest BCUT2D eigenvalue weighted by Crippen LogP contribution is 2.16. The molecule has 0 aliphatic carbocycles. The standard InChI is InChI=1S/C23H29FN2O2/c1-5-17(3)25-23(28)18(4)26(15-20-12-7-6-10-16(20)2)22(27)14-19-11-8-9-13-21(19)24/h6-13,17-18H,5,14-15H2,1-4H3,(H,25,28)/t17-,18+/m1/s1. The van der Waals surface area contributed by atoms with Crippen molar-refractivity contribution in [3.8, 4) is 0 Å². The van der Waals surface area contributed by atoms with Gasteiger partial charge in [-0.25, -0.2) is 4.39 Å². The van der Waals surface area contributed by atoms with Crippen molar-refractivity contribution in [3.63, 3.8) is 0 Å². The SMILES string of the molecule is CC[C@@H](C)NC(=O)[C@H](C)N(Cc1ccccc1C)C(=O)Cc1ccccc1F. The fourth-order valence-corrected chi connectivity index (χ4v) is 2.93. The molecule has 2 aromatic rings. The first-order valence-electron chi connectivity index (χ1n) is 9.71. The molecule has 0 aliphatic rings. The Morgan fingerprint density at radius 1 is 1.04 bits per heavy atom. The van der Waals surface area contributed by atoms with Crippen LogP contribution in [0.4, 0.5) is 4.39 Å².